The molecule has 0 saturated heterocycles. The molecule has 0 aliphatic heterocycles. The van der Waals surface area contributed by atoms with Crippen molar-refractivity contribution in [3.05, 3.63) is 29.8 Å². The monoisotopic (exact) mass is 218 g/mol. The van der Waals surface area contributed by atoms with Crippen molar-refractivity contribution in [1.82, 2.24) is 0 Å². The molecule has 0 fully saturated rings. The van der Waals surface area contributed by atoms with Crippen molar-refractivity contribution in [3.63, 3.8) is 0 Å². The van der Waals surface area contributed by atoms with Gasteiger partial charge in [0, 0.05) is 4.90 Å². The molecule has 5 heteroatoms. The first-order valence-corrected chi connectivity index (χ1v) is 4.64. The van der Waals surface area contributed by atoms with Gasteiger partial charge in [-0.3, -0.25) is 0 Å². The molecule has 1 aromatic rings. The van der Waals surface area contributed by atoms with Crippen LogP contribution >= 0.6 is 11.8 Å². The summed E-state index contributed by atoms with van der Waals surface area (Å²) in [5.41, 5.74) is 0.353. The van der Waals surface area contributed by atoms with Crippen molar-refractivity contribution in [2.75, 3.05) is 7.11 Å². The Morgan fingerprint density at radius 2 is 1.93 bits per heavy atom. The van der Waals surface area contributed by atoms with Gasteiger partial charge in [0.1, 0.15) is 0 Å². The van der Waals surface area contributed by atoms with Gasteiger partial charge in [-0.05, 0) is 24.3 Å². The molecule has 0 aliphatic rings. The molecule has 0 atom stereocenters. The van der Waals surface area contributed by atoms with Gasteiger partial charge < -0.3 is 4.74 Å². The molecule has 1 rings (SSSR count). The second-order valence-electron chi connectivity index (χ2n) is 2.39. The molecule has 0 spiro atoms. The van der Waals surface area contributed by atoms with Gasteiger partial charge in [0.25, 0.3) is 5.76 Å². The minimum atomic E-state index is -2.45. The molecule has 0 aliphatic carbocycles. The van der Waals surface area contributed by atoms with E-state index in [2.05, 4.69) is 4.74 Å². The maximum Gasteiger partial charge on any atom is 0.337 e. The fourth-order valence-electron chi connectivity index (χ4n) is 0.890. The zero-order valence-electron chi connectivity index (χ0n) is 7.37. The molecule has 0 unspecified atom stereocenters. The molecule has 0 N–H and O–H groups in total. The predicted octanol–water partition coefficient (Wildman–Crippen LogP) is 2.79. The Morgan fingerprint density at radius 1 is 1.36 bits per heavy atom. The fourth-order valence-corrected chi connectivity index (χ4v) is 1.39. The summed E-state index contributed by atoms with van der Waals surface area (Å²) < 4.78 is 28.3. The number of carbonyl (C=O) groups is 1. The number of ether oxygens (including phenoxy) is 1. The van der Waals surface area contributed by atoms with Crippen molar-refractivity contribution in [1.29, 1.82) is 0 Å². The Morgan fingerprint density at radius 3 is 2.36 bits per heavy atom. The number of benzene rings is 1. The van der Waals surface area contributed by atoms with E-state index < -0.39 is 11.7 Å². The molecular weight excluding hydrogens is 210 g/mol. The van der Waals surface area contributed by atoms with E-state index in [4.69, 9.17) is 0 Å². The summed E-state index contributed by atoms with van der Waals surface area (Å²) in [4.78, 5) is 11.4. The smallest absolute Gasteiger partial charge is 0.337 e. The topological polar surface area (TPSA) is 26.3 Å². The summed E-state index contributed by atoms with van der Waals surface area (Å²) in [6.45, 7) is 0. The summed E-state index contributed by atoms with van der Waals surface area (Å²) in [6.07, 6.45) is 0. The first-order chi connectivity index (χ1) is 6.63. The lowest BCUT2D eigenvalue weighted by atomic mass is 10.2. The molecular formula is C9H8F2O2S. The number of hydrogen-bond acceptors (Lipinski definition) is 3. The van der Waals surface area contributed by atoms with E-state index in [-0.39, 0.29) is 0 Å². The number of hydrogen-bond donors (Lipinski definition) is 0. The largest absolute Gasteiger partial charge is 0.465 e. The van der Waals surface area contributed by atoms with E-state index >= 15 is 0 Å². The average Bonchev–Trinajstić information content (AvgIpc) is 2.17. The lowest BCUT2D eigenvalue weighted by Gasteiger charge is -2.01. The van der Waals surface area contributed by atoms with Crippen molar-refractivity contribution in [2.24, 2.45) is 0 Å². The number of carbonyl (C=O) groups excluding carboxylic acids is 1. The van der Waals surface area contributed by atoms with Gasteiger partial charge >= 0.3 is 5.97 Å². The first kappa shape index (κ1) is 11.0. The van der Waals surface area contributed by atoms with Crippen LogP contribution in [0.1, 0.15) is 10.4 Å². The van der Waals surface area contributed by atoms with E-state index in [1.165, 1.54) is 31.4 Å². The number of thioether (sulfide) groups is 1. The zero-order chi connectivity index (χ0) is 10.6. The van der Waals surface area contributed by atoms with Crippen LogP contribution in [0.2, 0.25) is 0 Å². The van der Waals surface area contributed by atoms with Crippen LogP contribution < -0.4 is 0 Å². The van der Waals surface area contributed by atoms with Crippen molar-refractivity contribution in [2.45, 2.75) is 10.7 Å². The van der Waals surface area contributed by atoms with Gasteiger partial charge in [-0.15, -0.1) is 0 Å². The predicted molar refractivity (Wildman–Crippen MR) is 49.6 cm³/mol. The van der Waals surface area contributed by atoms with E-state index in [1.54, 1.807) is 0 Å². The zero-order valence-corrected chi connectivity index (χ0v) is 8.18. The van der Waals surface area contributed by atoms with Gasteiger partial charge in [-0.25, -0.2) is 4.79 Å². The molecule has 0 bridgehead atoms. The number of methoxy groups -OCH3 is 1. The quantitative estimate of drug-likeness (QED) is 0.576. The lowest BCUT2D eigenvalue weighted by molar-refractivity contribution is 0.0600. The van der Waals surface area contributed by atoms with Gasteiger partial charge in [-0.1, -0.05) is 11.8 Å². The van der Waals surface area contributed by atoms with Crippen LogP contribution in [0.4, 0.5) is 8.78 Å². The van der Waals surface area contributed by atoms with Crippen molar-refractivity contribution < 1.29 is 18.3 Å². The number of rotatable bonds is 3. The van der Waals surface area contributed by atoms with Crippen molar-refractivity contribution >= 4 is 17.7 Å². The van der Waals surface area contributed by atoms with E-state index in [0.29, 0.717) is 22.2 Å². The second kappa shape index (κ2) is 4.95. The van der Waals surface area contributed by atoms with Crippen LogP contribution in [-0.2, 0) is 4.74 Å². The summed E-state index contributed by atoms with van der Waals surface area (Å²) in [6, 6.07) is 5.83. The average molecular weight is 218 g/mol. The molecule has 14 heavy (non-hydrogen) atoms. The first-order valence-electron chi connectivity index (χ1n) is 3.76. The number of alkyl halides is 2. The van der Waals surface area contributed by atoms with Crippen molar-refractivity contribution in [3.8, 4) is 0 Å². The minimum absolute atomic E-state index is 0.353. The third kappa shape index (κ3) is 2.99. The van der Waals surface area contributed by atoms with Crippen LogP contribution in [-0.4, -0.2) is 18.8 Å². The highest BCUT2D eigenvalue weighted by atomic mass is 32.2. The van der Waals surface area contributed by atoms with Crippen LogP contribution in [0.3, 0.4) is 0 Å². The standard InChI is InChI=1S/C9H8F2O2S/c1-13-8(12)6-2-4-7(5-3-6)14-9(10)11/h2-5,9H,1H3. The number of esters is 1. The third-order valence-corrected chi connectivity index (χ3v) is 2.22. The molecule has 76 valence electrons. The summed E-state index contributed by atoms with van der Waals surface area (Å²) >= 11 is 0.441. The molecule has 0 saturated carbocycles. The Kier molecular flexibility index (Phi) is 3.88. The van der Waals surface area contributed by atoms with E-state index in [9.17, 15) is 13.6 Å². The highest BCUT2D eigenvalue weighted by Gasteiger charge is 2.07. The van der Waals surface area contributed by atoms with E-state index in [0.717, 1.165) is 0 Å². The molecule has 0 amide bonds. The van der Waals surface area contributed by atoms with Crippen LogP contribution in [0, 0.1) is 0 Å². The Labute approximate surface area is 84.3 Å². The molecule has 1 aromatic carbocycles. The Hall–Kier alpha value is -1.10. The van der Waals surface area contributed by atoms with E-state index in [1.807, 2.05) is 0 Å². The van der Waals surface area contributed by atoms with Crippen LogP contribution in [0.25, 0.3) is 0 Å². The maximum absolute atomic E-state index is 11.9. The normalized spacial score (nSPS) is 10.3. The van der Waals surface area contributed by atoms with Gasteiger partial charge in [0.2, 0.25) is 0 Å². The van der Waals surface area contributed by atoms with Crippen LogP contribution in [0.15, 0.2) is 29.2 Å². The van der Waals surface area contributed by atoms with Gasteiger partial charge in [0.15, 0.2) is 0 Å². The Bertz CT molecular complexity index is 311. The van der Waals surface area contributed by atoms with Crippen LogP contribution in [0.5, 0.6) is 0 Å². The second-order valence-corrected chi connectivity index (χ2v) is 3.46. The SMILES string of the molecule is COC(=O)c1ccc(SC(F)F)cc1. The summed E-state index contributed by atoms with van der Waals surface area (Å²) in [7, 11) is 1.27. The number of halogens is 2. The summed E-state index contributed by atoms with van der Waals surface area (Å²) in [5.74, 6) is -2.92. The molecule has 0 radical (unpaired) electrons. The minimum Gasteiger partial charge on any atom is -0.465 e. The lowest BCUT2D eigenvalue weighted by Crippen LogP contribution is -2.00. The fraction of sp³-hybridized carbons (Fsp3) is 0.222. The highest BCUT2D eigenvalue weighted by Crippen LogP contribution is 2.25. The van der Waals surface area contributed by atoms with Gasteiger partial charge in [0.05, 0.1) is 12.7 Å². The third-order valence-electron chi connectivity index (χ3n) is 1.50. The summed E-state index contributed by atoms with van der Waals surface area (Å²) in [5, 5.41) is 0. The molecule has 0 heterocycles. The molecule has 2 nitrogen and oxygen atoms in total. The van der Waals surface area contributed by atoms with Gasteiger partial charge in [-0.2, -0.15) is 8.78 Å². The highest BCUT2D eigenvalue weighted by molar-refractivity contribution is 7.99. The Balaban J connectivity index is 2.73. The maximum atomic E-state index is 11.9. The molecule has 0 aromatic heterocycles.